The second kappa shape index (κ2) is 8.80. The third-order valence-corrected chi connectivity index (χ3v) is 6.02. The van der Waals surface area contributed by atoms with Gasteiger partial charge >= 0.3 is 0 Å². The van der Waals surface area contributed by atoms with Crippen LogP contribution in [0.15, 0.2) is 53.4 Å². The Labute approximate surface area is 164 Å². The minimum absolute atomic E-state index is 0.236. The van der Waals surface area contributed by atoms with Crippen molar-refractivity contribution in [1.82, 2.24) is 20.0 Å². The van der Waals surface area contributed by atoms with Crippen LogP contribution in [0.1, 0.15) is 17.5 Å². The minimum Gasteiger partial charge on any atom is -0.396 e. The molecule has 6 heteroatoms. The van der Waals surface area contributed by atoms with Crippen molar-refractivity contribution < 1.29 is 5.11 Å². The Morgan fingerprint density at radius 1 is 1.15 bits per heavy atom. The molecule has 3 aromatic rings. The highest BCUT2D eigenvalue weighted by atomic mass is 32.1. The maximum absolute atomic E-state index is 9.54. The standard InChI is InChI=1S/C21H26N4OS/c26-10-6-20-15-24(8-9-25(20)13-17-7-11-27-16-17)14-19-12-22-23-21(19)18-4-2-1-3-5-18/h1-5,7,11-12,16,20,26H,6,8-10,13-15H2,(H,22,23)/t20-/m0/s1. The lowest BCUT2D eigenvalue weighted by Crippen LogP contribution is -2.52. The molecule has 5 nitrogen and oxygen atoms in total. The molecule has 0 bridgehead atoms. The molecule has 1 aliphatic heterocycles. The van der Waals surface area contributed by atoms with E-state index in [-0.39, 0.29) is 6.61 Å². The highest BCUT2D eigenvalue weighted by Gasteiger charge is 2.27. The van der Waals surface area contributed by atoms with Crippen molar-refractivity contribution >= 4 is 11.3 Å². The Balaban J connectivity index is 1.43. The second-order valence-corrected chi connectivity index (χ2v) is 7.92. The summed E-state index contributed by atoms with van der Waals surface area (Å²) < 4.78 is 0. The Hall–Kier alpha value is -1.99. The summed E-state index contributed by atoms with van der Waals surface area (Å²) >= 11 is 1.75. The number of aromatic amines is 1. The smallest absolute Gasteiger partial charge is 0.0695 e. The van der Waals surface area contributed by atoms with Crippen molar-refractivity contribution in [2.45, 2.75) is 25.6 Å². The Morgan fingerprint density at radius 3 is 2.81 bits per heavy atom. The van der Waals surface area contributed by atoms with Crippen LogP contribution in [-0.2, 0) is 13.1 Å². The van der Waals surface area contributed by atoms with Gasteiger partial charge < -0.3 is 5.11 Å². The maximum Gasteiger partial charge on any atom is 0.0695 e. The molecule has 2 aromatic heterocycles. The van der Waals surface area contributed by atoms with Crippen molar-refractivity contribution in [2.24, 2.45) is 0 Å². The molecule has 4 rings (SSSR count). The van der Waals surface area contributed by atoms with Crippen molar-refractivity contribution in [3.63, 3.8) is 0 Å². The summed E-state index contributed by atoms with van der Waals surface area (Å²) in [5.74, 6) is 0. The molecule has 1 aliphatic rings. The van der Waals surface area contributed by atoms with Gasteiger partial charge in [0.1, 0.15) is 0 Å². The van der Waals surface area contributed by atoms with E-state index < -0.39 is 0 Å². The molecule has 0 aliphatic carbocycles. The topological polar surface area (TPSA) is 55.4 Å². The average Bonchev–Trinajstić information content (AvgIpc) is 3.37. The van der Waals surface area contributed by atoms with E-state index in [0.29, 0.717) is 6.04 Å². The number of hydrogen-bond acceptors (Lipinski definition) is 5. The number of piperazine rings is 1. The zero-order valence-electron chi connectivity index (χ0n) is 15.4. The SMILES string of the molecule is OCC[C@H]1CN(Cc2cn[nH]c2-c2ccccc2)CCN1Cc1ccsc1. The summed E-state index contributed by atoms with van der Waals surface area (Å²) in [5, 5.41) is 21.3. The summed E-state index contributed by atoms with van der Waals surface area (Å²) in [7, 11) is 0. The molecule has 142 valence electrons. The highest BCUT2D eigenvalue weighted by Crippen LogP contribution is 2.24. The number of benzene rings is 1. The van der Waals surface area contributed by atoms with Crippen LogP contribution in [0.3, 0.4) is 0 Å². The number of aromatic nitrogens is 2. The molecule has 1 fully saturated rings. The van der Waals surface area contributed by atoms with Crippen LogP contribution in [-0.4, -0.2) is 57.4 Å². The highest BCUT2D eigenvalue weighted by molar-refractivity contribution is 7.07. The first-order chi connectivity index (χ1) is 13.3. The number of hydrogen-bond donors (Lipinski definition) is 2. The zero-order chi connectivity index (χ0) is 18.5. The van der Waals surface area contributed by atoms with E-state index in [0.717, 1.165) is 44.8 Å². The molecule has 2 N–H and O–H groups in total. The van der Waals surface area contributed by atoms with E-state index in [1.165, 1.54) is 16.7 Å². The van der Waals surface area contributed by atoms with Gasteiger partial charge in [-0.3, -0.25) is 14.9 Å². The van der Waals surface area contributed by atoms with Gasteiger partial charge in [-0.2, -0.15) is 16.4 Å². The van der Waals surface area contributed by atoms with Crippen LogP contribution in [0.4, 0.5) is 0 Å². The van der Waals surface area contributed by atoms with Crippen molar-refractivity contribution in [3.05, 3.63) is 64.5 Å². The molecule has 0 unspecified atom stereocenters. The summed E-state index contributed by atoms with van der Waals surface area (Å²) in [5.41, 5.74) is 4.89. The van der Waals surface area contributed by atoms with Gasteiger partial charge in [0.15, 0.2) is 0 Å². The predicted molar refractivity (Wildman–Crippen MR) is 110 cm³/mol. The van der Waals surface area contributed by atoms with Crippen LogP contribution in [0.5, 0.6) is 0 Å². The number of aliphatic hydroxyl groups excluding tert-OH is 1. The van der Waals surface area contributed by atoms with Crippen molar-refractivity contribution in [3.8, 4) is 11.3 Å². The van der Waals surface area contributed by atoms with Crippen molar-refractivity contribution in [1.29, 1.82) is 0 Å². The van der Waals surface area contributed by atoms with Gasteiger partial charge in [-0.1, -0.05) is 30.3 Å². The molecular weight excluding hydrogens is 356 g/mol. The summed E-state index contributed by atoms with van der Waals surface area (Å²) in [4.78, 5) is 5.00. The number of nitrogens with zero attached hydrogens (tertiary/aromatic N) is 3. The van der Waals surface area contributed by atoms with Crippen LogP contribution in [0.2, 0.25) is 0 Å². The van der Waals surface area contributed by atoms with E-state index in [9.17, 15) is 5.11 Å². The molecule has 1 atom stereocenters. The van der Waals surface area contributed by atoms with Gasteiger partial charge in [0.2, 0.25) is 0 Å². The molecule has 0 spiro atoms. The van der Waals surface area contributed by atoms with Gasteiger partial charge in [0.05, 0.1) is 11.9 Å². The Kier molecular flexibility index (Phi) is 5.99. The van der Waals surface area contributed by atoms with Crippen LogP contribution >= 0.6 is 11.3 Å². The lowest BCUT2D eigenvalue weighted by Gasteiger charge is -2.41. The number of thiophene rings is 1. The zero-order valence-corrected chi connectivity index (χ0v) is 16.2. The average molecular weight is 383 g/mol. The van der Waals surface area contributed by atoms with Crippen LogP contribution in [0.25, 0.3) is 11.3 Å². The van der Waals surface area contributed by atoms with Gasteiger partial charge in [0.25, 0.3) is 0 Å². The minimum atomic E-state index is 0.236. The fourth-order valence-corrected chi connectivity index (χ4v) is 4.54. The lowest BCUT2D eigenvalue weighted by molar-refractivity contribution is 0.0501. The molecule has 3 heterocycles. The van der Waals surface area contributed by atoms with Crippen LogP contribution < -0.4 is 0 Å². The largest absolute Gasteiger partial charge is 0.396 e. The van der Waals surface area contributed by atoms with E-state index in [4.69, 9.17) is 0 Å². The van der Waals surface area contributed by atoms with E-state index in [1.807, 2.05) is 12.3 Å². The molecule has 1 aromatic carbocycles. The van der Waals surface area contributed by atoms with E-state index in [2.05, 4.69) is 61.1 Å². The van der Waals surface area contributed by atoms with Crippen LogP contribution in [0, 0.1) is 0 Å². The Bertz CT molecular complexity index is 818. The fraction of sp³-hybridized carbons (Fsp3) is 0.381. The quantitative estimate of drug-likeness (QED) is 0.659. The fourth-order valence-electron chi connectivity index (χ4n) is 3.88. The van der Waals surface area contributed by atoms with E-state index >= 15 is 0 Å². The Morgan fingerprint density at radius 2 is 2.04 bits per heavy atom. The van der Waals surface area contributed by atoms with Gasteiger partial charge in [-0.15, -0.1) is 0 Å². The predicted octanol–water partition coefficient (Wildman–Crippen LogP) is 3.21. The molecule has 27 heavy (non-hydrogen) atoms. The second-order valence-electron chi connectivity index (χ2n) is 7.14. The number of rotatable bonds is 7. The first-order valence-corrected chi connectivity index (χ1v) is 10.4. The maximum atomic E-state index is 9.54. The first kappa shape index (κ1) is 18.4. The van der Waals surface area contributed by atoms with Gasteiger partial charge in [-0.25, -0.2) is 0 Å². The lowest BCUT2D eigenvalue weighted by atomic mass is 10.1. The van der Waals surface area contributed by atoms with E-state index in [1.54, 1.807) is 11.3 Å². The summed E-state index contributed by atoms with van der Waals surface area (Å²) in [6, 6.07) is 13.0. The van der Waals surface area contributed by atoms with Gasteiger partial charge in [-0.05, 0) is 34.4 Å². The monoisotopic (exact) mass is 382 g/mol. The molecule has 0 amide bonds. The first-order valence-electron chi connectivity index (χ1n) is 9.49. The summed E-state index contributed by atoms with van der Waals surface area (Å²) in [6.07, 6.45) is 2.76. The molecule has 1 saturated heterocycles. The molecular formula is C21H26N4OS. The van der Waals surface area contributed by atoms with Gasteiger partial charge in [0, 0.05) is 50.9 Å². The summed E-state index contributed by atoms with van der Waals surface area (Å²) in [6.45, 7) is 5.13. The normalized spacial score (nSPS) is 18.8. The molecule has 0 radical (unpaired) electrons. The number of H-pyrrole nitrogens is 1. The van der Waals surface area contributed by atoms with Crippen molar-refractivity contribution in [2.75, 3.05) is 26.2 Å². The number of aliphatic hydroxyl groups is 1. The third kappa shape index (κ3) is 4.47. The molecule has 0 saturated carbocycles. The third-order valence-electron chi connectivity index (χ3n) is 5.29. The number of nitrogens with one attached hydrogen (secondary N) is 1.